The smallest absolute Gasteiger partial charge is 0.322 e. The van der Waals surface area contributed by atoms with Gasteiger partial charge in [-0.15, -0.1) is 0 Å². The van der Waals surface area contributed by atoms with Crippen LogP contribution in [0.1, 0.15) is 19.8 Å². The van der Waals surface area contributed by atoms with E-state index in [2.05, 4.69) is 4.74 Å². The molecule has 2 N–H and O–H groups in total. The van der Waals surface area contributed by atoms with Crippen molar-refractivity contribution in [3.63, 3.8) is 0 Å². The fourth-order valence-electron chi connectivity index (χ4n) is 0.446. The Morgan fingerprint density at radius 2 is 2.40 bits per heavy atom. The molecule has 0 aromatic heterocycles. The molecule has 0 saturated heterocycles. The van der Waals surface area contributed by atoms with Crippen LogP contribution in [0.2, 0.25) is 0 Å². The highest BCUT2D eigenvalue weighted by atomic mass is 16.5. The van der Waals surface area contributed by atoms with Gasteiger partial charge < -0.3 is 9.94 Å². The summed E-state index contributed by atoms with van der Waals surface area (Å²) in [6.45, 7) is 2.32. The van der Waals surface area contributed by atoms with Crippen molar-refractivity contribution >= 4 is 5.97 Å². The Labute approximate surface area is 60.1 Å². The molecular weight excluding hydrogens is 134 g/mol. The molecule has 0 aliphatic carbocycles. The molecule has 0 unspecified atom stereocenters. The van der Waals surface area contributed by atoms with E-state index in [4.69, 9.17) is 5.21 Å². The van der Waals surface area contributed by atoms with Crippen molar-refractivity contribution < 1.29 is 14.7 Å². The van der Waals surface area contributed by atoms with Gasteiger partial charge in [-0.1, -0.05) is 13.3 Å². The Balaban J connectivity index is 3.05. The molecule has 0 aromatic carbocycles. The monoisotopic (exact) mass is 147 g/mol. The van der Waals surface area contributed by atoms with E-state index in [1.807, 2.05) is 6.92 Å². The third-order valence-electron chi connectivity index (χ3n) is 0.984. The minimum atomic E-state index is -0.420. The Bertz CT molecular complexity index is 95.0. The van der Waals surface area contributed by atoms with E-state index in [0.29, 0.717) is 6.61 Å². The third-order valence-corrected chi connectivity index (χ3v) is 0.984. The van der Waals surface area contributed by atoms with E-state index < -0.39 is 5.97 Å². The maximum Gasteiger partial charge on any atom is 0.322 e. The molecule has 4 heteroatoms. The predicted octanol–water partition coefficient (Wildman–Crippen LogP) is 0.308. The predicted molar refractivity (Wildman–Crippen MR) is 35.7 cm³/mol. The van der Waals surface area contributed by atoms with Gasteiger partial charge in [-0.05, 0) is 6.42 Å². The van der Waals surface area contributed by atoms with Crippen LogP contribution < -0.4 is 5.48 Å². The fourth-order valence-corrected chi connectivity index (χ4v) is 0.446. The molecule has 4 nitrogen and oxygen atoms in total. The van der Waals surface area contributed by atoms with Crippen molar-refractivity contribution in [2.75, 3.05) is 13.2 Å². The normalized spacial score (nSPS) is 9.40. The first-order valence-corrected chi connectivity index (χ1v) is 3.33. The molecule has 0 bridgehead atoms. The van der Waals surface area contributed by atoms with Crippen LogP contribution in [0.15, 0.2) is 0 Å². The summed E-state index contributed by atoms with van der Waals surface area (Å²) in [5.74, 6) is -0.420. The van der Waals surface area contributed by atoms with Crippen LogP contribution in [0.3, 0.4) is 0 Å². The quantitative estimate of drug-likeness (QED) is 0.334. The lowest BCUT2D eigenvalue weighted by atomic mass is 10.4. The second-order valence-electron chi connectivity index (χ2n) is 1.91. The van der Waals surface area contributed by atoms with Gasteiger partial charge in [0.1, 0.15) is 6.54 Å². The lowest BCUT2D eigenvalue weighted by Crippen LogP contribution is -2.21. The zero-order valence-electron chi connectivity index (χ0n) is 6.09. The van der Waals surface area contributed by atoms with Gasteiger partial charge >= 0.3 is 5.97 Å². The van der Waals surface area contributed by atoms with Gasteiger partial charge in [-0.2, -0.15) is 5.48 Å². The minimum Gasteiger partial charge on any atom is -0.465 e. The number of unbranched alkanes of at least 4 members (excludes halogenated alkanes) is 1. The van der Waals surface area contributed by atoms with E-state index >= 15 is 0 Å². The molecule has 0 rings (SSSR count). The Morgan fingerprint density at radius 1 is 1.70 bits per heavy atom. The van der Waals surface area contributed by atoms with Crippen LogP contribution in [0.25, 0.3) is 0 Å². The van der Waals surface area contributed by atoms with Crippen LogP contribution in [0, 0.1) is 0 Å². The summed E-state index contributed by atoms with van der Waals surface area (Å²) in [6, 6.07) is 0. The van der Waals surface area contributed by atoms with Gasteiger partial charge in [0, 0.05) is 0 Å². The molecular formula is C6H13NO3. The van der Waals surface area contributed by atoms with E-state index in [0.717, 1.165) is 12.8 Å². The lowest BCUT2D eigenvalue weighted by molar-refractivity contribution is -0.144. The lowest BCUT2D eigenvalue weighted by Gasteiger charge is -2.00. The molecule has 0 saturated carbocycles. The highest BCUT2D eigenvalue weighted by Crippen LogP contribution is 1.87. The summed E-state index contributed by atoms with van der Waals surface area (Å²) in [5, 5.41) is 8.04. The maximum absolute atomic E-state index is 10.5. The zero-order valence-corrected chi connectivity index (χ0v) is 6.09. The van der Waals surface area contributed by atoms with Crippen molar-refractivity contribution in [1.29, 1.82) is 0 Å². The molecule has 0 radical (unpaired) electrons. The number of hydroxylamine groups is 1. The Morgan fingerprint density at radius 3 is 2.90 bits per heavy atom. The number of hydrogen-bond acceptors (Lipinski definition) is 4. The zero-order chi connectivity index (χ0) is 7.82. The number of ether oxygens (including phenoxy) is 1. The molecule has 0 aliphatic rings. The summed E-state index contributed by atoms with van der Waals surface area (Å²) in [6.07, 6.45) is 1.87. The highest BCUT2D eigenvalue weighted by molar-refractivity contribution is 5.71. The summed E-state index contributed by atoms with van der Waals surface area (Å²) in [7, 11) is 0. The van der Waals surface area contributed by atoms with Gasteiger partial charge in [0.05, 0.1) is 6.61 Å². The first-order valence-electron chi connectivity index (χ1n) is 3.33. The van der Waals surface area contributed by atoms with Crippen LogP contribution in [-0.4, -0.2) is 24.3 Å². The molecule has 0 fully saturated rings. The van der Waals surface area contributed by atoms with Gasteiger partial charge in [-0.25, -0.2) is 0 Å². The van der Waals surface area contributed by atoms with Crippen molar-refractivity contribution in [3.8, 4) is 0 Å². The van der Waals surface area contributed by atoms with E-state index in [-0.39, 0.29) is 6.54 Å². The standard InChI is InChI=1S/C6H13NO3/c1-2-3-4-10-6(8)5-7-9/h7,9H,2-5H2,1H3. The van der Waals surface area contributed by atoms with Crippen molar-refractivity contribution in [2.24, 2.45) is 0 Å². The van der Waals surface area contributed by atoms with Crippen molar-refractivity contribution in [1.82, 2.24) is 5.48 Å². The van der Waals surface area contributed by atoms with Crippen LogP contribution in [-0.2, 0) is 9.53 Å². The van der Waals surface area contributed by atoms with E-state index in [1.54, 1.807) is 5.48 Å². The highest BCUT2D eigenvalue weighted by Gasteiger charge is 1.98. The van der Waals surface area contributed by atoms with Gasteiger partial charge in [-0.3, -0.25) is 4.79 Å². The Hall–Kier alpha value is -0.610. The molecule has 0 spiro atoms. The molecule has 0 heterocycles. The second kappa shape index (κ2) is 6.51. The number of nitrogens with one attached hydrogen (secondary N) is 1. The fraction of sp³-hybridized carbons (Fsp3) is 0.833. The summed E-state index contributed by atoms with van der Waals surface area (Å²) < 4.78 is 4.66. The van der Waals surface area contributed by atoms with Gasteiger partial charge in [0.25, 0.3) is 0 Å². The Kier molecular flexibility index (Phi) is 6.11. The van der Waals surface area contributed by atoms with Crippen molar-refractivity contribution in [3.05, 3.63) is 0 Å². The maximum atomic E-state index is 10.5. The summed E-state index contributed by atoms with van der Waals surface area (Å²) in [4.78, 5) is 10.5. The van der Waals surface area contributed by atoms with E-state index in [9.17, 15) is 4.79 Å². The largest absolute Gasteiger partial charge is 0.465 e. The topological polar surface area (TPSA) is 58.6 Å². The molecule has 0 atom stereocenters. The number of rotatable bonds is 5. The summed E-state index contributed by atoms with van der Waals surface area (Å²) >= 11 is 0. The van der Waals surface area contributed by atoms with Gasteiger partial charge in [0.15, 0.2) is 0 Å². The van der Waals surface area contributed by atoms with Crippen LogP contribution >= 0.6 is 0 Å². The minimum absolute atomic E-state index is 0.135. The van der Waals surface area contributed by atoms with Crippen molar-refractivity contribution in [2.45, 2.75) is 19.8 Å². The van der Waals surface area contributed by atoms with E-state index in [1.165, 1.54) is 0 Å². The summed E-state index contributed by atoms with van der Waals surface area (Å²) in [5.41, 5.74) is 1.72. The van der Waals surface area contributed by atoms with Gasteiger partial charge in [0.2, 0.25) is 0 Å². The number of carbonyl (C=O) groups excluding carboxylic acids is 1. The number of hydrogen-bond donors (Lipinski definition) is 2. The van der Waals surface area contributed by atoms with Crippen LogP contribution in [0.5, 0.6) is 0 Å². The molecule has 10 heavy (non-hydrogen) atoms. The number of carbonyl (C=O) groups is 1. The molecule has 0 aromatic rings. The first kappa shape index (κ1) is 9.39. The first-order chi connectivity index (χ1) is 4.81. The molecule has 0 aliphatic heterocycles. The van der Waals surface area contributed by atoms with Crippen LogP contribution in [0.4, 0.5) is 0 Å². The SMILES string of the molecule is CCCCOC(=O)CNO. The second-order valence-corrected chi connectivity index (χ2v) is 1.91. The average molecular weight is 147 g/mol. The molecule has 60 valence electrons. The number of esters is 1. The average Bonchev–Trinajstić information content (AvgIpc) is 1.89. The third kappa shape index (κ3) is 5.53. The molecule has 0 amide bonds.